The highest BCUT2D eigenvalue weighted by Crippen LogP contribution is 2.16. The van der Waals surface area contributed by atoms with Crippen molar-refractivity contribution in [3.05, 3.63) is 48.3 Å². The van der Waals surface area contributed by atoms with Gasteiger partial charge in [-0.15, -0.1) is 0 Å². The third-order valence-electron chi connectivity index (χ3n) is 3.77. The lowest BCUT2D eigenvalue weighted by Gasteiger charge is -2.22. The van der Waals surface area contributed by atoms with E-state index >= 15 is 0 Å². The maximum atomic E-state index is 12.2. The second-order valence-corrected chi connectivity index (χ2v) is 7.55. The van der Waals surface area contributed by atoms with Gasteiger partial charge in [0.05, 0.1) is 30.3 Å². The molecule has 6 nitrogen and oxygen atoms in total. The van der Waals surface area contributed by atoms with Crippen LogP contribution in [0.2, 0.25) is 0 Å². The smallest absolute Gasteiger partial charge is 0.235 e. The predicted octanol–water partition coefficient (Wildman–Crippen LogP) is 2.24. The summed E-state index contributed by atoms with van der Waals surface area (Å²) in [7, 11) is -3.42. The molecule has 3 rings (SSSR count). The van der Waals surface area contributed by atoms with Crippen LogP contribution in [0.1, 0.15) is 24.8 Å². The molecule has 0 bridgehead atoms. The minimum atomic E-state index is -3.42. The number of nitrogens with zero attached hydrogens (tertiary/aromatic N) is 2. The average molecular weight is 335 g/mol. The Kier molecular flexibility index (Phi) is 4.97. The van der Waals surface area contributed by atoms with E-state index in [4.69, 9.17) is 4.74 Å². The summed E-state index contributed by atoms with van der Waals surface area (Å²) < 4.78 is 34.2. The number of hydrogen-bond donors (Lipinski definition) is 1. The monoisotopic (exact) mass is 335 g/mol. The van der Waals surface area contributed by atoms with Gasteiger partial charge in [-0.25, -0.2) is 8.42 Å². The van der Waals surface area contributed by atoms with Crippen LogP contribution >= 0.6 is 0 Å². The fourth-order valence-electron chi connectivity index (χ4n) is 2.68. The molecule has 0 unspecified atom stereocenters. The van der Waals surface area contributed by atoms with Crippen LogP contribution in [0.15, 0.2) is 42.7 Å². The van der Waals surface area contributed by atoms with E-state index in [0.717, 1.165) is 24.8 Å². The molecule has 2 heterocycles. The molecule has 1 aromatic heterocycles. The number of ether oxygens (including phenoxy) is 1. The van der Waals surface area contributed by atoms with E-state index < -0.39 is 10.0 Å². The van der Waals surface area contributed by atoms with Crippen LogP contribution in [0.25, 0.3) is 0 Å². The summed E-state index contributed by atoms with van der Waals surface area (Å²) in [5, 5.41) is 4.20. The highest BCUT2D eigenvalue weighted by Gasteiger charge is 2.22. The lowest BCUT2D eigenvalue weighted by molar-refractivity contribution is 0.0306. The first-order chi connectivity index (χ1) is 11.1. The summed E-state index contributed by atoms with van der Waals surface area (Å²) in [4.78, 5) is 0. The lowest BCUT2D eigenvalue weighted by Crippen LogP contribution is -2.30. The van der Waals surface area contributed by atoms with E-state index in [1.165, 1.54) is 6.20 Å². The minimum absolute atomic E-state index is 0.00311. The van der Waals surface area contributed by atoms with Gasteiger partial charge in [0.2, 0.25) is 10.0 Å². The van der Waals surface area contributed by atoms with Gasteiger partial charge < -0.3 is 4.74 Å². The molecular weight excluding hydrogens is 314 g/mol. The number of sulfonamides is 1. The summed E-state index contributed by atoms with van der Waals surface area (Å²) in [6.07, 6.45) is 5.86. The van der Waals surface area contributed by atoms with Crippen molar-refractivity contribution >= 4 is 15.7 Å². The SMILES string of the molecule is O=S(=O)(C[C@H]1CCCCO1)Nc1cnn(Cc2ccccc2)c1. The van der Waals surface area contributed by atoms with Gasteiger partial charge in [0.1, 0.15) is 0 Å². The van der Waals surface area contributed by atoms with Gasteiger partial charge in [0.15, 0.2) is 0 Å². The number of benzene rings is 1. The summed E-state index contributed by atoms with van der Waals surface area (Å²) >= 11 is 0. The van der Waals surface area contributed by atoms with Gasteiger partial charge in [0, 0.05) is 12.8 Å². The number of aromatic nitrogens is 2. The minimum Gasteiger partial charge on any atom is -0.377 e. The highest BCUT2D eigenvalue weighted by molar-refractivity contribution is 7.92. The third kappa shape index (κ3) is 4.80. The van der Waals surface area contributed by atoms with Crippen LogP contribution < -0.4 is 4.72 Å². The van der Waals surface area contributed by atoms with E-state index in [0.29, 0.717) is 18.8 Å². The third-order valence-corrected chi connectivity index (χ3v) is 5.13. The van der Waals surface area contributed by atoms with Crippen LogP contribution in [0.3, 0.4) is 0 Å². The maximum Gasteiger partial charge on any atom is 0.235 e. The van der Waals surface area contributed by atoms with Crippen LogP contribution in [0, 0.1) is 0 Å². The van der Waals surface area contributed by atoms with Crippen LogP contribution in [0.4, 0.5) is 5.69 Å². The average Bonchev–Trinajstić information content (AvgIpc) is 2.95. The summed E-state index contributed by atoms with van der Waals surface area (Å²) in [6, 6.07) is 9.90. The number of hydrogen-bond acceptors (Lipinski definition) is 4. The zero-order valence-electron chi connectivity index (χ0n) is 12.9. The van der Waals surface area contributed by atoms with Gasteiger partial charge in [-0.05, 0) is 24.8 Å². The summed E-state index contributed by atoms with van der Waals surface area (Å²) in [5.74, 6) is -0.00311. The molecule has 1 fully saturated rings. The fraction of sp³-hybridized carbons (Fsp3) is 0.438. The van der Waals surface area contributed by atoms with Gasteiger partial charge in [-0.1, -0.05) is 30.3 Å². The summed E-state index contributed by atoms with van der Waals surface area (Å²) in [6.45, 7) is 1.25. The van der Waals surface area contributed by atoms with E-state index in [2.05, 4.69) is 9.82 Å². The maximum absolute atomic E-state index is 12.2. The van der Waals surface area contributed by atoms with E-state index in [9.17, 15) is 8.42 Å². The Hall–Kier alpha value is -1.86. The molecule has 0 aliphatic carbocycles. The van der Waals surface area contributed by atoms with Crippen LogP contribution in [-0.2, 0) is 21.3 Å². The first-order valence-corrected chi connectivity index (χ1v) is 9.44. The number of nitrogens with one attached hydrogen (secondary N) is 1. The molecule has 1 aliphatic rings. The Morgan fingerprint density at radius 3 is 2.83 bits per heavy atom. The molecule has 124 valence electrons. The molecule has 1 saturated heterocycles. The molecule has 1 N–H and O–H groups in total. The molecule has 0 radical (unpaired) electrons. The zero-order chi connectivity index (χ0) is 16.1. The second kappa shape index (κ2) is 7.14. The van der Waals surface area contributed by atoms with Crippen molar-refractivity contribution < 1.29 is 13.2 Å². The molecule has 0 spiro atoms. The topological polar surface area (TPSA) is 73.2 Å². The Bertz CT molecular complexity index is 722. The quantitative estimate of drug-likeness (QED) is 0.879. The summed E-state index contributed by atoms with van der Waals surface area (Å²) in [5.41, 5.74) is 1.59. The predicted molar refractivity (Wildman–Crippen MR) is 88.8 cm³/mol. The lowest BCUT2D eigenvalue weighted by atomic mass is 10.1. The van der Waals surface area contributed by atoms with Gasteiger partial charge in [-0.2, -0.15) is 5.10 Å². The molecule has 0 saturated carbocycles. The van der Waals surface area contributed by atoms with Crippen molar-refractivity contribution in [2.45, 2.75) is 31.9 Å². The standard InChI is InChI=1S/C16H21N3O3S/c20-23(21,13-16-8-4-5-9-22-16)18-15-10-17-19(12-15)11-14-6-2-1-3-7-14/h1-3,6-7,10,12,16,18H,4-5,8-9,11,13H2/t16-/m1/s1. The van der Waals surface area contributed by atoms with Crippen LogP contribution in [-0.4, -0.2) is 36.7 Å². The van der Waals surface area contributed by atoms with Crippen molar-refractivity contribution in [2.24, 2.45) is 0 Å². The Morgan fingerprint density at radius 1 is 1.26 bits per heavy atom. The van der Waals surface area contributed by atoms with E-state index in [1.54, 1.807) is 10.9 Å². The van der Waals surface area contributed by atoms with Gasteiger partial charge in [0.25, 0.3) is 0 Å². The molecule has 7 heteroatoms. The van der Waals surface area contributed by atoms with Gasteiger partial charge in [-0.3, -0.25) is 9.40 Å². The van der Waals surface area contributed by atoms with Crippen molar-refractivity contribution in [2.75, 3.05) is 17.1 Å². The Labute approximate surface area is 136 Å². The molecule has 1 aromatic carbocycles. The van der Waals surface area contributed by atoms with Crippen molar-refractivity contribution in [1.29, 1.82) is 0 Å². The molecule has 0 amide bonds. The van der Waals surface area contributed by atoms with Crippen molar-refractivity contribution in [1.82, 2.24) is 9.78 Å². The van der Waals surface area contributed by atoms with Crippen molar-refractivity contribution in [3.8, 4) is 0 Å². The van der Waals surface area contributed by atoms with Gasteiger partial charge >= 0.3 is 0 Å². The first kappa shape index (κ1) is 16.0. The molecular formula is C16H21N3O3S. The normalized spacial score (nSPS) is 18.7. The molecule has 1 aliphatic heterocycles. The highest BCUT2D eigenvalue weighted by atomic mass is 32.2. The van der Waals surface area contributed by atoms with E-state index in [1.807, 2.05) is 30.3 Å². The largest absolute Gasteiger partial charge is 0.377 e. The number of anilines is 1. The second-order valence-electron chi connectivity index (χ2n) is 5.78. The zero-order valence-corrected chi connectivity index (χ0v) is 13.7. The first-order valence-electron chi connectivity index (χ1n) is 7.79. The Morgan fingerprint density at radius 2 is 2.09 bits per heavy atom. The number of rotatable bonds is 6. The molecule has 1 atom stereocenters. The molecule has 2 aromatic rings. The fourth-order valence-corrected chi connectivity index (χ4v) is 3.98. The Balaban J connectivity index is 1.59. The van der Waals surface area contributed by atoms with Crippen LogP contribution in [0.5, 0.6) is 0 Å². The molecule has 23 heavy (non-hydrogen) atoms. The van der Waals surface area contributed by atoms with E-state index in [-0.39, 0.29) is 11.9 Å². The van der Waals surface area contributed by atoms with Crippen molar-refractivity contribution in [3.63, 3.8) is 0 Å².